The number of ether oxygens (including phenoxy) is 1. The van der Waals surface area contributed by atoms with Crippen LogP contribution in [0.5, 0.6) is 5.75 Å². The molecule has 2 N–H and O–H groups in total. The van der Waals surface area contributed by atoms with Gasteiger partial charge in [0.2, 0.25) is 5.91 Å². The van der Waals surface area contributed by atoms with Crippen molar-refractivity contribution in [2.75, 3.05) is 18.2 Å². The third kappa shape index (κ3) is 6.43. The molecule has 3 aromatic rings. The normalized spacial score (nSPS) is 11.9. The van der Waals surface area contributed by atoms with Crippen LogP contribution < -0.4 is 15.4 Å². The first-order valence-electron chi connectivity index (χ1n) is 10.4. The molecule has 0 aliphatic rings. The maximum Gasteiger partial charge on any atom is 0.251 e. The first-order chi connectivity index (χ1) is 16.2. The number of nitrogens with one attached hydrogen (secondary N) is 2. The number of thioether (sulfide) groups is 1. The van der Waals surface area contributed by atoms with E-state index in [-0.39, 0.29) is 29.5 Å². The summed E-state index contributed by atoms with van der Waals surface area (Å²) in [6.45, 7) is 3.97. The molecule has 0 saturated heterocycles. The van der Waals surface area contributed by atoms with Crippen molar-refractivity contribution in [2.45, 2.75) is 25.0 Å². The van der Waals surface area contributed by atoms with E-state index in [1.54, 1.807) is 54.1 Å². The standard InChI is InChI=1S/C23H25Cl2N5O3S/c1-13(2)20(27-22(32)14-5-7-15(24)8-6-14)21-28-29-23(30(21)3)34-12-19(31)26-17-11-16(25)9-10-18(17)33-4/h5-11,13,20H,12H2,1-4H3,(H,26,31)(H,27,32)/t20-/m0/s1. The van der Waals surface area contributed by atoms with E-state index in [0.717, 1.165) is 0 Å². The molecule has 1 heterocycles. The highest BCUT2D eigenvalue weighted by atomic mass is 35.5. The van der Waals surface area contributed by atoms with Gasteiger partial charge in [-0.25, -0.2) is 0 Å². The van der Waals surface area contributed by atoms with Crippen molar-refractivity contribution in [3.63, 3.8) is 0 Å². The lowest BCUT2D eigenvalue weighted by Gasteiger charge is -2.21. The molecule has 2 aromatic carbocycles. The van der Waals surface area contributed by atoms with Gasteiger partial charge in [-0.2, -0.15) is 0 Å². The number of carbonyl (C=O) groups is 2. The van der Waals surface area contributed by atoms with Crippen LogP contribution in [0, 0.1) is 5.92 Å². The van der Waals surface area contributed by atoms with Crippen LogP contribution in [-0.4, -0.2) is 39.4 Å². The number of nitrogens with zero attached hydrogens (tertiary/aromatic N) is 3. The Morgan fingerprint density at radius 1 is 1.09 bits per heavy atom. The molecule has 0 aliphatic carbocycles. The average Bonchev–Trinajstić information content (AvgIpc) is 3.16. The molecule has 1 atom stereocenters. The molecule has 0 bridgehead atoms. The van der Waals surface area contributed by atoms with Crippen molar-refractivity contribution < 1.29 is 14.3 Å². The molecule has 180 valence electrons. The van der Waals surface area contributed by atoms with Crippen molar-refractivity contribution in [1.29, 1.82) is 0 Å². The van der Waals surface area contributed by atoms with Gasteiger partial charge in [0, 0.05) is 22.7 Å². The number of benzene rings is 2. The van der Waals surface area contributed by atoms with Gasteiger partial charge >= 0.3 is 0 Å². The summed E-state index contributed by atoms with van der Waals surface area (Å²) < 4.78 is 7.04. The van der Waals surface area contributed by atoms with E-state index in [9.17, 15) is 9.59 Å². The predicted octanol–water partition coefficient (Wildman–Crippen LogP) is 4.99. The molecule has 0 aliphatic heterocycles. The quantitative estimate of drug-likeness (QED) is 0.385. The van der Waals surface area contributed by atoms with Gasteiger partial charge in [0.25, 0.3) is 5.91 Å². The molecule has 3 rings (SSSR count). The zero-order valence-electron chi connectivity index (χ0n) is 19.1. The predicted molar refractivity (Wildman–Crippen MR) is 135 cm³/mol. The van der Waals surface area contributed by atoms with Gasteiger partial charge in [0.15, 0.2) is 11.0 Å². The highest BCUT2D eigenvalue weighted by Crippen LogP contribution is 2.29. The molecule has 8 nitrogen and oxygen atoms in total. The molecular formula is C23H25Cl2N5O3S. The van der Waals surface area contributed by atoms with E-state index in [1.165, 1.54) is 18.9 Å². The van der Waals surface area contributed by atoms with Gasteiger partial charge in [-0.05, 0) is 48.4 Å². The van der Waals surface area contributed by atoms with Crippen LogP contribution in [0.15, 0.2) is 47.6 Å². The van der Waals surface area contributed by atoms with E-state index in [0.29, 0.717) is 38.0 Å². The molecule has 2 amide bonds. The third-order valence-electron chi connectivity index (χ3n) is 4.97. The largest absolute Gasteiger partial charge is 0.495 e. The van der Waals surface area contributed by atoms with Gasteiger partial charge in [0.1, 0.15) is 5.75 Å². The number of carbonyl (C=O) groups excluding carboxylic acids is 2. The highest BCUT2D eigenvalue weighted by Gasteiger charge is 2.25. The lowest BCUT2D eigenvalue weighted by molar-refractivity contribution is -0.113. The van der Waals surface area contributed by atoms with Crippen molar-refractivity contribution in [3.05, 3.63) is 63.9 Å². The Bertz CT molecular complexity index is 1170. The Morgan fingerprint density at radius 3 is 2.41 bits per heavy atom. The number of methoxy groups -OCH3 is 1. The van der Waals surface area contributed by atoms with Gasteiger partial charge in [0.05, 0.1) is 24.6 Å². The number of halogens is 2. The summed E-state index contributed by atoms with van der Waals surface area (Å²) in [5, 5.41) is 15.9. The minimum absolute atomic E-state index is 0.0515. The second kappa shape index (κ2) is 11.6. The lowest BCUT2D eigenvalue weighted by Crippen LogP contribution is -2.33. The van der Waals surface area contributed by atoms with Crippen LogP contribution in [0.2, 0.25) is 10.0 Å². The number of hydrogen-bond acceptors (Lipinski definition) is 6. The molecule has 0 spiro atoms. The first-order valence-corrected chi connectivity index (χ1v) is 12.2. The topological polar surface area (TPSA) is 98.1 Å². The summed E-state index contributed by atoms with van der Waals surface area (Å²) >= 11 is 13.2. The van der Waals surface area contributed by atoms with Gasteiger partial charge in [-0.3, -0.25) is 9.59 Å². The highest BCUT2D eigenvalue weighted by molar-refractivity contribution is 7.99. The molecule has 0 unspecified atom stereocenters. The fourth-order valence-corrected chi connectivity index (χ4v) is 4.19. The molecular weight excluding hydrogens is 497 g/mol. The maximum absolute atomic E-state index is 12.7. The van der Waals surface area contributed by atoms with Gasteiger partial charge in [-0.15, -0.1) is 10.2 Å². The summed E-state index contributed by atoms with van der Waals surface area (Å²) in [5.74, 6) is 0.784. The van der Waals surface area contributed by atoms with Crippen molar-refractivity contribution in [1.82, 2.24) is 20.1 Å². The number of amides is 2. The zero-order chi connectivity index (χ0) is 24.8. The maximum atomic E-state index is 12.7. The summed E-state index contributed by atoms with van der Waals surface area (Å²) in [7, 11) is 3.32. The minimum Gasteiger partial charge on any atom is -0.495 e. The fourth-order valence-electron chi connectivity index (χ4n) is 3.17. The smallest absolute Gasteiger partial charge is 0.251 e. The Kier molecular flexibility index (Phi) is 8.82. The SMILES string of the molecule is COc1ccc(Cl)cc1NC(=O)CSc1nnc([C@@H](NC(=O)c2ccc(Cl)cc2)C(C)C)n1C. The zero-order valence-corrected chi connectivity index (χ0v) is 21.5. The number of hydrogen-bond donors (Lipinski definition) is 2. The number of rotatable bonds is 9. The van der Waals surface area contributed by atoms with Crippen LogP contribution in [0.1, 0.15) is 36.1 Å². The van der Waals surface area contributed by atoms with E-state index in [4.69, 9.17) is 27.9 Å². The van der Waals surface area contributed by atoms with Crippen molar-refractivity contribution in [3.8, 4) is 5.75 Å². The summed E-state index contributed by atoms with van der Waals surface area (Å²) in [5.41, 5.74) is 0.990. The van der Waals surface area contributed by atoms with E-state index in [2.05, 4.69) is 20.8 Å². The van der Waals surface area contributed by atoms with E-state index in [1.807, 2.05) is 13.8 Å². The van der Waals surface area contributed by atoms with Crippen LogP contribution in [0.3, 0.4) is 0 Å². The minimum atomic E-state index is -0.375. The molecule has 34 heavy (non-hydrogen) atoms. The lowest BCUT2D eigenvalue weighted by atomic mass is 10.0. The van der Waals surface area contributed by atoms with Crippen LogP contribution in [-0.2, 0) is 11.8 Å². The fraction of sp³-hybridized carbons (Fsp3) is 0.304. The molecule has 11 heteroatoms. The average molecular weight is 522 g/mol. The van der Waals surface area contributed by atoms with Gasteiger partial charge in [-0.1, -0.05) is 48.8 Å². The van der Waals surface area contributed by atoms with Crippen molar-refractivity contribution in [2.24, 2.45) is 13.0 Å². The Morgan fingerprint density at radius 2 is 1.76 bits per heavy atom. The molecule has 1 aromatic heterocycles. The Hall–Kier alpha value is -2.75. The van der Waals surface area contributed by atoms with E-state index < -0.39 is 0 Å². The molecule has 0 radical (unpaired) electrons. The van der Waals surface area contributed by atoms with Gasteiger partial charge < -0.3 is 19.9 Å². The van der Waals surface area contributed by atoms with Crippen LogP contribution in [0.4, 0.5) is 5.69 Å². The third-order valence-corrected chi connectivity index (χ3v) is 6.48. The van der Waals surface area contributed by atoms with Crippen LogP contribution in [0.25, 0.3) is 0 Å². The summed E-state index contributed by atoms with van der Waals surface area (Å²) in [6.07, 6.45) is 0. The monoisotopic (exact) mass is 521 g/mol. The van der Waals surface area contributed by atoms with E-state index >= 15 is 0 Å². The van der Waals surface area contributed by atoms with Crippen molar-refractivity contribution >= 4 is 52.5 Å². The van der Waals surface area contributed by atoms with Crippen LogP contribution >= 0.6 is 35.0 Å². The Balaban J connectivity index is 1.67. The molecule has 0 saturated carbocycles. The second-order valence-electron chi connectivity index (χ2n) is 7.78. The molecule has 0 fully saturated rings. The second-order valence-corrected chi connectivity index (χ2v) is 9.60. The first kappa shape index (κ1) is 25.9. The summed E-state index contributed by atoms with van der Waals surface area (Å²) in [6, 6.07) is 11.3. The Labute approximate surface area is 212 Å². The summed E-state index contributed by atoms with van der Waals surface area (Å²) in [4.78, 5) is 25.2. The number of aromatic nitrogens is 3. The number of anilines is 1.